The van der Waals surface area contributed by atoms with Crippen LogP contribution in [0, 0.1) is 5.82 Å². The SMILES string of the molecule is C[C@@H](CC(=O)Nc1ccc(F)cc1)S(=O)(=O)c1ccc2c(c1)NC(=O)CS2. The second kappa shape index (κ2) is 7.69. The van der Waals surface area contributed by atoms with E-state index in [1.54, 1.807) is 6.07 Å². The van der Waals surface area contributed by atoms with E-state index in [1.165, 1.54) is 55.1 Å². The summed E-state index contributed by atoms with van der Waals surface area (Å²) in [6, 6.07) is 9.75. The van der Waals surface area contributed by atoms with E-state index in [9.17, 15) is 22.4 Å². The van der Waals surface area contributed by atoms with Gasteiger partial charge in [-0.25, -0.2) is 12.8 Å². The van der Waals surface area contributed by atoms with Crippen molar-refractivity contribution in [2.75, 3.05) is 16.4 Å². The third-order valence-electron chi connectivity index (χ3n) is 4.04. The molecule has 0 aliphatic carbocycles. The number of benzene rings is 2. The number of rotatable bonds is 5. The Labute approximate surface area is 160 Å². The van der Waals surface area contributed by atoms with Crippen LogP contribution in [0.1, 0.15) is 13.3 Å². The third kappa shape index (κ3) is 4.48. The second-order valence-electron chi connectivity index (χ2n) is 6.11. The van der Waals surface area contributed by atoms with Gasteiger partial charge in [-0.1, -0.05) is 0 Å². The Kier molecular flexibility index (Phi) is 5.52. The molecule has 2 amide bonds. The summed E-state index contributed by atoms with van der Waals surface area (Å²) >= 11 is 1.34. The monoisotopic (exact) mass is 408 g/mol. The van der Waals surface area contributed by atoms with Gasteiger partial charge >= 0.3 is 0 Å². The fourth-order valence-corrected chi connectivity index (χ4v) is 4.75. The van der Waals surface area contributed by atoms with Gasteiger partial charge in [0.15, 0.2) is 9.84 Å². The summed E-state index contributed by atoms with van der Waals surface area (Å²) in [5.74, 6) is -0.811. The van der Waals surface area contributed by atoms with Crippen LogP contribution in [0.2, 0.25) is 0 Å². The minimum atomic E-state index is -3.77. The van der Waals surface area contributed by atoms with Gasteiger partial charge in [0.1, 0.15) is 5.82 Å². The quantitative estimate of drug-likeness (QED) is 0.793. The summed E-state index contributed by atoms with van der Waals surface area (Å²) in [7, 11) is -3.77. The van der Waals surface area contributed by atoms with Crippen LogP contribution in [0.15, 0.2) is 52.3 Å². The third-order valence-corrected chi connectivity index (χ3v) is 7.25. The normalized spacial score (nSPS) is 14.8. The Bertz CT molecular complexity index is 991. The van der Waals surface area contributed by atoms with Crippen LogP contribution >= 0.6 is 11.8 Å². The smallest absolute Gasteiger partial charge is 0.234 e. The van der Waals surface area contributed by atoms with Crippen LogP contribution in [-0.4, -0.2) is 31.2 Å². The topological polar surface area (TPSA) is 92.3 Å². The number of amides is 2. The highest BCUT2D eigenvalue weighted by molar-refractivity contribution is 8.00. The van der Waals surface area contributed by atoms with E-state index in [-0.39, 0.29) is 17.2 Å². The molecule has 0 aromatic heterocycles. The largest absolute Gasteiger partial charge is 0.326 e. The summed E-state index contributed by atoms with van der Waals surface area (Å²) in [4.78, 5) is 24.5. The van der Waals surface area contributed by atoms with Crippen LogP contribution in [0.5, 0.6) is 0 Å². The maximum atomic E-state index is 12.9. The molecule has 2 aromatic rings. The number of halogens is 1. The predicted octanol–water partition coefficient (Wildman–Crippen LogP) is 3.06. The molecule has 27 heavy (non-hydrogen) atoms. The van der Waals surface area contributed by atoms with Crippen LogP contribution in [-0.2, 0) is 19.4 Å². The number of nitrogens with one attached hydrogen (secondary N) is 2. The molecule has 142 valence electrons. The summed E-state index contributed by atoms with van der Waals surface area (Å²) in [6.45, 7) is 1.45. The molecule has 2 N–H and O–H groups in total. The van der Waals surface area contributed by atoms with Crippen molar-refractivity contribution in [3.63, 3.8) is 0 Å². The molecule has 0 radical (unpaired) electrons. The summed E-state index contributed by atoms with van der Waals surface area (Å²) in [5, 5.41) is 4.23. The highest BCUT2D eigenvalue weighted by atomic mass is 32.2. The first-order valence-electron chi connectivity index (χ1n) is 8.12. The maximum absolute atomic E-state index is 12.9. The molecule has 6 nitrogen and oxygen atoms in total. The van der Waals surface area contributed by atoms with Gasteiger partial charge in [-0.3, -0.25) is 9.59 Å². The molecule has 0 spiro atoms. The van der Waals surface area contributed by atoms with Gasteiger partial charge in [0.05, 0.1) is 21.6 Å². The van der Waals surface area contributed by atoms with E-state index >= 15 is 0 Å². The van der Waals surface area contributed by atoms with Crippen molar-refractivity contribution in [3.8, 4) is 0 Å². The number of hydrogen-bond donors (Lipinski definition) is 2. The van der Waals surface area contributed by atoms with Crippen LogP contribution < -0.4 is 10.6 Å². The number of fused-ring (bicyclic) bond motifs is 1. The average molecular weight is 408 g/mol. The molecule has 0 bridgehead atoms. The number of anilines is 2. The summed E-state index contributed by atoms with van der Waals surface area (Å²) in [6.07, 6.45) is -0.252. The maximum Gasteiger partial charge on any atom is 0.234 e. The Hall–Kier alpha value is -2.39. The molecule has 2 aromatic carbocycles. The molecule has 3 rings (SSSR count). The molecule has 0 fully saturated rings. The van der Waals surface area contributed by atoms with Gasteiger partial charge in [-0.15, -0.1) is 11.8 Å². The van der Waals surface area contributed by atoms with Crippen molar-refractivity contribution in [1.82, 2.24) is 0 Å². The number of sulfone groups is 1. The number of carbonyl (C=O) groups is 2. The molecule has 0 unspecified atom stereocenters. The van der Waals surface area contributed by atoms with Crippen molar-refractivity contribution < 1.29 is 22.4 Å². The van der Waals surface area contributed by atoms with Gasteiger partial charge in [0.2, 0.25) is 11.8 Å². The lowest BCUT2D eigenvalue weighted by atomic mass is 10.2. The van der Waals surface area contributed by atoms with Gasteiger partial charge in [0.25, 0.3) is 0 Å². The fourth-order valence-electron chi connectivity index (χ4n) is 2.59. The zero-order chi connectivity index (χ0) is 19.6. The zero-order valence-corrected chi connectivity index (χ0v) is 16.0. The van der Waals surface area contributed by atoms with Crippen molar-refractivity contribution in [3.05, 3.63) is 48.3 Å². The molecule has 0 saturated heterocycles. The Balaban J connectivity index is 1.72. The van der Waals surface area contributed by atoms with E-state index in [4.69, 9.17) is 0 Å². The van der Waals surface area contributed by atoms with Crippen molar-refractivity contribution >= 4 is 44.8 Å². The lowest BCUT2D eigenvalue weighted by molar-refractivity contribution is -0.116. The van der Waals surface area contributed by atoms with E-state index in [1.807, 2.05) is 0 Å². The summed E-state index contributed by atoms with van der Waals surface area (Å²) in [5.41, 5.74) is 0.847. The van der Waals surface area contributed by atoms with E-state index < -0.39 is 26.8 Å². The van der Waals surface area contributed by atoms with Crippen LogP contribution in [0.4, 0.5) is 15.8 Å². The fraction of sp³-hybridized carbons (Fsp3) is 0.222. The standard InChI is InChI=1S/C18H17FN2O4S2/c1-11(8-17(22)20-13-4-2-12(19)3-5-13)27(24,25)14-6-7-16-15(9-14)21-18(23)10-26-16/h2-7,9,11H,8,10H2,1H3,(H,20,22)(H,21,23)/t11-/m0/s1. The van der Waals surface area contributed by atoms with Gasteiger partial charge in [-0.2, -0.15) is 0 Å². The summed E-state index contributed by atoms with van der Waals surface area (Å²) < 4.78 is 38.5. The van der Waals surface area contributed by atoms with Gasteiger partial charge in [0, 0.05) is 17.0 Å². The lowest BCUT2D eigenvalue weighted by Crippen LogP contribution is -2.25. The number of hydrogen-bond acceptors (Lipinski definition) is 5. The zero-order valence-electron chi connectivity index (χ0n) is 14.4. The molecule has 0 saturated carbocycles. The van der Waals surface area contributed by atoms with Gasteiger partial charge < -0.3 is 10.6 Å². The molecular weight excluding hydrogens is 391 g/mol. The molecule has 1 atom stereocenters. The first-order chi connectivity index (χ1) is 12.8. The first-order valence-corrected chi connectivity index (χ1v) is 10.6. The van der Waals surface area contributed by atoms with Gasteiger partial charge in [-0.05, 0) is 49.4 Å². The van der Waals surface area contributed by atoms with Crippen LogP contribution in [0.25, 0.3) is 0 Å². The van der Waals surface area contributed by atoms with Crippen molar-refractivity contribution in [1.29, 1.82) is 0 Å². The highest BCUT2D eigenvalue weighted by Crippen LogP contribution is 2.34. The highest BCUT2D eigenvalue weighted by Gasteiger charge is 2.27. The van der Waals surface area contributed by atoms with E-state index in [0.29, 0.717) is 17.1 Å². The molecule has 1 aliphatic heterocycles. The predicted molar refractivity (Wildman–Crippen MR) is 102 cm³/mol. The molecule has 1 heterocycles. The lowest BCUT2D eigenvalue weighted by Gasteiger charge is -2.18. The van der Waals surface area contributed by atoms with Crippen molar-refractivity contribution in [2.45, 2.75) is 28.4 Å². The molecule has 9 heteroatoms. The van der Waals surface area contributed by atoms with E-state index in [2.05, 4.69) is 10.6 Å². The number of carbonyl (C=O) groups excluding carboxylic acids is 2. The second-order valence-corrected chi connectivity index (χ2v) is 9.49. The first kappa shape index (κ1) is 19.4. The Morgan fingerprint density at radius 1 is 1.26 bits per heavy atom. The number of thioether (sulfide) groups is 1. The van der Waals surface area contributed by atoms with Crippen molar-refractivity contribution in [2.24, 2.45) is 0 Å². The average Bonchev–Trinajstić information content (AvgIpc) is 2.62. The minimum absolute atomic E-state index is 0.0473. The Morgan fingerprint density at radius 3 is 2.67 bits per heavy atom. The molecular formula is C18H17FN2O4S2. The van der Waals surface area contributed by atoms with Crippen LogP contribution in [0.3, 0.4) is 0 Å². The molecule has 1 aliphatic rings. The minimum Gasteiger partial charge on any atom is -0.326 e. The van der Waals surface area contributed by atoms with E-state index in [0.717, 1.165) is 4.90 Å². The Morgan fingerprint density at radius 2 is 1.96 bits per heavy atom.